The molecule has 1 fully saturated rings. The Morgan fingerprint density at radius 3 is 2.53 bits per heavy atom. The van der Waals surface area contributed by atoms with Gasteiger partial charge in [-0.15, -0.1) is 0 Å². The molecule has 2 aromatic heterocycles. The molecule has 0 bridgehead atoms. The van der Waals surface area contributed by atoms with E-state index in [0.29, 0.717) is 29.6 Å². The molecule has 0 amide bonds. The summed E-state index contributed by atoms with van der Waals surface area (Å²) in [5.41, 5.74) is 2.57. The number of nitrogens with zero attached hydrogens (tertiary/aromatic N) is 4. The predicted octanol–water partition coefficient (Wildman–Crippen LogP) is 4.26. The van der Waals surface area contributed by atoms with Crippen LogP contribution < -0.4 is 15.8 Å². The van der Waals surface area contributed by atoms with E-state index in [1.54, 1.807) is 10.9 Å². The van der Waals surface area contributed by atoms with Crippen molar-refractivity contribution in [2.24, 2.45) is 0 Å². The minimum Gasteiger partial charge on any atom is -0.372 e. The van der Waals surface area contributed by atoms with Crippen molar-refractivity contribution < 1.29 is 0 Å². The summed E-state index contributed by atoms with van der Waals surface area (Å²) in [5.74, 6) is 0.460. The van der Waals surface area contributed by atoms with Crippen LogP contribution in [0.15, 0.2) is 35.3 Å². The fourth-order valence-corrected chi connectivity index (χ4v) is 4.21. The van der Waals surface area contributed by atoms with Crippen LogP contribution in [-0.4, -0.2) is 32.8 Å². The van der Waals surface area contributed by atoms with Gasteiger partial charge in [0, 0.05) is 25.3 Å². The minimum absolute atomic E-state index is 0.178. The van der Waals surface area contributed by atoms with E-state index < -0.39 is 0 Å². The van der Waals surface area contributed by atoms with Crippen molar-refractivity contribution in [3.63, 3.8) is 0 Å². The molecule has 0 spiro atoms. The zero-order chi connectivity index (χ0) is 21.3. The van der Waals surface area contributed by atoms with Gasteiger partial charge in [0.05, 0.1) is 11.7 Å². The van der Waals surface area contributed by atoms with E-state index in [2.05, 4.69) is 56.6 Å². The average molecular weight is 409 g/mol. The highest BCUT2D eigenvalue weighted by Crippen LogP contribution is 2.26. The molecule has 1 aliphatic rings. The van der Waals surface area contributed by atoms with Crippen molar-refractivity contribution >= 4 is 22.7 Å². The van der Waals surface area contributed by atoms with E-state index >= 15 is 0 Å². The first-order valence-corrected chi connectivity index (χ1v) is 10.9. The second-order valence-electron chi connectivity index (χ2n) is 9.30. The molecule has 0 aliphatic heterocycles. The van der Waals surface area contributed by atoms with Gasteiger partial charge in [-0.2, -0.15) is 10.1 Å². The molecule has 0 unspecified atom stereocenters. The molecule has 3 aromatic rings. The highest BCUT2D eigenvalue weighted by atomic mass is 16.1. The van der Waals surface area contributed by atoms with Crippen molar-refractivity contribution in [3.8, 4) is 0 Å². The Morgan fingerprint density at radius 2 is 1.87 bits per heavy atom. The number of anilines is 2. The molecule has 1 aromatic carbocycles. The van der Waals surface area contributed by atoms with Gasteiger partial charge < -0.3 is 10.2 Å². The number of aromatic nitrogens is 4. The maximum atomic E-state index is 12.4. The monoisotopic (exact) mass is 408 g/mol. The van der Waals surface area contributed by atoms with Gasteiger partial charge in [-0.05, 0) is 51.3 Å². The van der Waals surface area contributed by atoms with E-state index in [4.69, 9.17) is 0 Å². The Bertz CT molecular complexity index is 1050. The molecule has 7 heteroatoms. The number of H-pyrrole nitrogens is 1. The van der Waals surface area contributed by atoms with Gasteiger partial charge in [0.25, 0.3) is 5.56 Å². The second kappa shape index (κ2) is 8.13. The predicted molar refractivity (Wildman–Crippen MR) is 122 cm³/mol. The lowest BCUT2D eigenvalue weighted by Crippen LogP contribution is -2.33. The molecule has 0 radical (unpaired) electrons. The first-order chi connectivity index (χ1) is 14.3. The van der Waals surface area contributed by atoms with E-state index in [9.17, 15) is 4.79 Å². The third-order valence-corrected chi connectivity index (χ3v) is 6.00. The van der Waals surface area contributed by atoms with Gasteiger partial charge in [-0.3, -0.25) is 9.78 Å². The second-order valence-corrected chi connectivity index (χ2v) is 9.30. The molecular formula is C23H32N6O. The molecule has 30 heavy (non-hydrogen) atoms. The average Bonchev–Trinajstić information content (AvgIpc) is 3.18. The summed E-state index contributed by atoms with van der Waals surface area (Å²) < 4.78 is 1.79. The van der Waals surface area contributed by atoms with Crippen LogP contribution in [0.1, 0.15) is 58.4 Å². The molecule has 1 saturated carbocycles. The Labute approximate surface area is 177 Å². The van der Waals surface area contributed by atoms with E-state index in [1.807, 2.05) is 20.8 Å². The van der Waals surface area contributed by atoms with Crippen LogP contribution >= 0.6 is 0 Å². The largest absolute Gasteiger partial charge is 0.372 e. The van der Waals surface area contributed by atoms with Crippen molar-refractivity contribution in [2.75, 3.05) is 17.3 Å². The lowest BCUT2D eigenvalue weighted by molar-refractivity contribution is 0.366. The highest BCUT2D eigenvalue weighted by molar-refractivity contribution is 5.74. The number of aromatic amines is 1. The Morgan fingerprint density at radius 1 is 1.17 bits per heavy atom. The summed E-state index contributed by atoms with van der Waals surface area (Å²) in [6.45, 7) is 6.72. The first kappa shape index (κ1) is 20.4. The topological polar surface area (TPSA) is 78.8 Å². The summed E-state index contributed by atoms with van der Waals surface area (Å²) in [7, 11) is 2.20. The Kier molecular flexibility index (Phi) is 5.54. The molecule has 7 nitrogen and oxygen atoms in total. The van der Waals surface area contributed by atoms with Gasteiger partial charge in [-0.1, -0.05) is 31.4 Å². The van der Waals surface area contributed by atoms with Crippen LogP contribution in [0, 0.1) is 0 Å². The van der Waals surface area contributed by atoms with E-state index in [0.717, 1.165) is 5.56 Å². The van der Waals surface area contributed by atoms with Crippen molar-refractivity contribution in [1.29, 1.82) is 0 Å². The van der Waals surface area contributed by atoms with Crippen LogP contribution in [0.5, 0.6) is 0 Å². The summed E-state index contributed by atoms with van der Waals surface area (Å²) in [4.78, 5) is 22.3. The lowest BCUT2D eigenvalue weighted by Gasteiger charge is -2.33. The molecule has 4 rings (SSSR count). The number of nitrogens with one attached hydrogen (secondary N) is 2. The van der Waals surface area contributed by atoms with Crippen molar-refractivity contribution in [1.82, 2.24) is 19.7 Å². The number of hydrogen-bond acceptors (Lipinski definition) is 5. The quantitative estimate of drug-likeness (QED) is 0.660. The third-order valence-electron chi connectivity index (χ3n) is 6.00. The van der Waals surface area contributed by atoms with Gasteiger partial charge >= 0.3 is 0 Å². The smallest absolute Gasteiger partial charge is 0.263 e. The SMILES string of the molecule is CN(c1ccc(CNc2nc3c(cnn3C(C)(C)C)c(=O)[nH]2)cc1)C1CCCCC1. The molecule has 0 atom stereocenters. The fourth-order valence-electron chi connectivity index (χ4n) is 4.21. The number of hydrogen-bond donors (Lipinski definition) is 2. The van der Waals surface area contributed by atoms with Crippen LogP contribution in [0.3, 0.4) is 0 Å². The van der Waals surface area contributed by atoms with Crippen LogP contribution in [0.2, 0.25) is 0 Å². The molecule has 2 heterocycles. The standard InChI is InChI=1S/C23H32N6O/c1-23(2,3)29-20-19(15-25-29)21(30)27-22(26-20)24-14-16-10-12-18(13-11-16)28(4)17-8-6-5-7-9-17/h10-13,15,17H,5-9,14H2,1-4H3,(H2,24,26,27,30). The fraction of sp³-hybridized carbons (Fsp3) is 0.522. The van der Waals surface area contributed by atoms with Crippen LogP contribution in [0.4, 0.5) is 11.6 Å². The molecular weight excluding hydrogens is 376 g/mol. The summed E-state index contributed by atoms with van der Waals surface area (Å²) in [6, 6.07) is 9.28. The maximum Gasteiger partial charge on any atom is 0.263 e. The lowest BCUT2D eigenvalue weighted by atomic mass is 9.94. The summed E-state index contributed by atoms with van der Waals surface area (Å²) >= 11 is 0. The maximum absolute atomic E-state index is 12.4. The summed E-state index contributed by atoms with van der Waals surface area (Å²) in [5, 5.41) is 8.11. The number of rotatable bonds is 5. The van der Waals surface area contributed by atoms with Crippen LogP contribution in [0.25, 0.3) is 11.0 Å². The Balaban J connectivity index is 1.47. The first-order valence-electron chi connectivity index (χ1n) is 10.9. The number of benzene rings is 1. The summed E-state index contributed by atoms with van der Waals surface area (Å²) in [6.07, 6.45) is 8.19. The van der Waals surface area contributed by atoms with Gasteiger partial charge in [-0.25, -0.2) is 4.68 Å². The molecule has 1 aliphatic carbocycles. The molecule has 2 N–H and O–H groups in total. The Hall–Kier alpha value is -2.83. The zero-order valence-corrected chi connectivity index (χ0v) is 18.4. The minimum atomic E-state index is -0.250. The zero-order valence-electron chi connectivity index (χ0n) is 18.4. The normalized spacial score (nSPS) is 15.5. The van der Waals surface area contributed by atoms with Gasteiger partial charge in [0.2, 0.25) is 5.95 Å². The third kappa shape index (κ3) is 4.20. The van der Waals surface area contributed by atoms with Gasteiger partial charge in [0.1, 0.15) is 5.39 Å². The van der Waals surface area contributed by atoms with Crippen molar-refractivity contribution in [2.45, 2.75) is 71.0 Å². The van der Waals surface area contributed by atoms with E-state index in [1.165, 1.54) is 37.8 Å². The molecule has 0 saturated heterocycles. The molecule has 160 valence electrons. The number of fused-ring (bicyclic) bond motifs is 1. The highest BCUT2D eigenvalue weighted by Gasteiger charge is 2.20. The van der Waals surface area contributed by atoms with Crippen molar-refractivity contribution in [3.05, 3.63) is 46.4 Å². The van der Waals surface area contributed by atoms with E-state index in [-0.39, 0.29) is 11.1 Å². The van der Waals surface area contributed by atoms with Crippen LogP contribution in [-0.2, 0) is 12.1 Å². The van der Waals surface area contributed by atoms with Gasteiger partial charge in [0.15, 0.2) is 5.65 Å².